The van der Waals surface area contributed by atoms with Crippen molar-refractivity contribution in [3.63, 3.8) is 0 Å². The Bertz CT molecular complexity index is 468. The lowest BCUT2D eigenvalue weighted by Gasteiger charge is -2.14. The normalized spacial score (nSPS) is 26.8. The number of carbonyl (C=O) groups excluding carboxylic acids is 2. The first-order valence-electron chi connectivity index (χ1n) is 6.12. The van der Waals surface area contributed by atoms with E-state index in [4.69, 9.17) is 0 Å². The molecule has 0 bridgehead atoms. The van der Waals surface area contributed by atoms with Crippen LogP contribution in [0.25, 0.3) is 0 Å². The summed E-state index contributed by atoms with van der Waals surface area (Å²) in [5.41, 5.74) is 0. The molecule has 3 rings (SSSR count). The van der Waals surface area contributed by atoms with Crippen LogP contribution in [-0.2, 0) is 16.0 Å². The van der Waals surface area contributed by atoms with E-state index in [0.29, 0.717) is 31.6 Å². The fourth-order valence-electron chi connectivity index (χ4n) is 2.66. The van der Waals surface area contributed by atoms with Crippen LogP contribution < -0.4 is 0 Å². The van der Waals surface area contributed by atoms with Crippen molar-refractivity contribution in [3.05, 3.63) is 24.3 Å². The summed E-state index contributed by atoms with van der Waals surface area (Å²) in [7, 11) is 0. The molecule has 94 valence electrons. The molecule has 0 aromatic carbocycles. The predicted molar refractivity (Wildman–Crippen MR) is 62.2 cm³/mol. The molecule has 1 fully saturated rings. The van der Waals surface area contributed by atoms with Crippen molar-refractivity contribution in [2.45, 2.75) is 19.3 Å². The van der Waals surface area contributed by atoms with Gasteiger partial charge in [0.25, 0.3) is 0 Å². The number of aromatic amines is 1. The number of nitrogens with one attached hydrogen (secondary N) is 1. The van der Waals surface area contributed by atoms with Crippen LogP contribution >= 0.6 is 0 Å². The Morgan fingerprint density at radius 2 is 1.89 bits per heavy atom. The lowest BCUT2D eigenvalue weighted by atomic mass is 9.85. The number of hydrogen-bond acceptors (Lipinski definition) is 4. The number of rotatable bonds is 3. The SMILES string of the molecule is O=C1[C@H]2CC=CC[C@H]2C(=O)N1CCc1ncn[nH]1. The highest BCUT2D eigenvalue weighted by molar-refractivity contribution is 6.05. The summed E-state index contributed by atoms with van der Waals surface area (Å²) in [6.07, 6.45) is 7.32. The molecule has 2 heterocycles. The first-order valence-corrected chi connectivity index (χ1v) is 6.12. The smallest absolute Gasteiger partial charge is 0.233 e. The van der Waals surface area contributed by atoms with E-state index in [2.05, 4.69) is 15.2 Å². The number of likely N-dealkylation sites (tertiary alicyclic amines) is 1. The molecular weight excluding hydrogens is 232 g/mol. The first kappa shape index (κ1) is 11.1. The summed E-state index contributed by atoms with van der Waals surface area (Å²) in [4.78, 5) is 29.6. The highest BCUT2D eigenvalue weighted by atomic mass is 16.2. The van der Waals surface area contributed by atoms with E-state index < -0.39 is 0 Å². The van der Waals surface area contributed by atoms with Crippen LogP contribution in [0.15, 0.2) is 18.5 Å². The molecule has 2 atom stereocenters. The van der Waals surface area contributed by atoms with E-state index in [0.717, 1.165) is 0 Å². The fraction of sp³-hybridized carbons (Fsp3) is 0.500. The van der Waals surface area contributed by atoms with Gasteiger partial charge in [-0.05, 0) is 12.8 Å². The van der Waals surface area contributed by atoms with Gasteiger partial charge >= 0.3 is 0 Å². The second-order valence-electron chi connectivity index (χ2n) is 4.67. The van der Waals surface area contributed by atoms with Gasteiger partial charge in [0, 0.05) is 13.0 Å². The first-order chi connectivity index (χ1) is 8.77. The Morgan fingerprint density at radius 1 is 1.22 bits per heavy atom. The molecule has 1 saturated heterocycles. The van der Waals surface area contributed by atoms with E-state index in [1.165, 1.54) is 11.2 Å². The molecule has 0 unspecified atom stereocenters. The Labute approximate surface area is 104 Å². The second kappa shape index (κ2) is 4.36. The summed E-state index contributed by atoms with van der Waals surface area (Å²) in [6, 6.07) is 0. The molecule has 6 nitrogen and oxygen atoms in total. The van der Waals surface area contributed by atoms with E-state index in [1.807, 2.05) is 12.2 Å². The quantitative estimate of drug-likeness (QED) is 0.614. The monoisotopic (exact) mass is 246 g/mol. The standard InChI is InChI=1S/C12H14N4O2/c17-11-8-3-1-2-4-9(8)12(18)16(11)6-5-10-13-7-14-15-10/h1-2,7-9H,3-6H2,(H,13,14,15)/t8-,9+. The molecule has 2 amide bonds. The average molecular weight is 246 g/mol. The minimum absolute atomic E-state index is 0.0335. The molecular formula is C12H14N4O2. The third kappa shape index (κ3) is 1.73. The van der Waals surface area contributed by atoms with Crippen molar-refractivity contribution in [2.75, 3.05) is 6.54 Å². The minimum atomic E-state index is -0.141. The van der Waals surface area contributed by atoms with Gasteiger partial charge in [0.15, 0.2) is 0 Å². The maximum absolute atomic E-state index is 12.1. The highest BCUT2D eigenvalue weighted by Crippen LogP contribution is 2.34. The predicted octanol–water partition coefficient (Wildman–Crippen LogP) is 0.298. The number of amides is 2. The summed E-state index contributed by atoms with van der Waals surface area (Å²) < 4.78 is 0. The summed E-state index contributed by atoms with van der Waals surface area (Å²) in [6.45, 7) is 0.389. The number of H-pyrrole nitrogens is 1. The van der Waals surface area contributed by atoms with Crippen molar-refractivity contribution in [3.8, 4) is 0 Å². The fourth-order valence-corrected chi connectivity index (χ4v) is 2.66. The minimum Gasteiger partial charge on any atom is -0.282 e. The van der Waals surface area contributed by atoms with Crippen LogP contribution in [-0.4, -0.2) is 38.4 Å². The number of imide groups is 1. The number of carbonyl (C=O) groups is 2. The van der Waals surface area contributed by atoms with Gasteiger partial charge in [0.1, 0.15) is 12.2 Å². The van der Waals surface area contributed by atoms with Crippen LogP contribution in [0.4, 0.5) is 0 Å². The van der Waals surface area contributed by atoms with Gasteiger partial charge in [-0.15, -0.1) is 0 Å². The Hall–Kier alpha value is -1.98. The lowest BCUT2D eigenvalue weighted by Crippen LogP contribution is -2.33. The number of allylic oxidation sites excluding steroid dienone is 2. The maximum atomic E-state index is 12.1. The summed E-state index contributed by atoms with van der Waals surface area (Å²) >= 11 is 0. The molecule has 2 aliphatic rings. The van der Waals surface area contributed by atoms with Crippen molar-refractivity contribution in [2.24, 2.45) is 11.8 Å². The molecule has 18 heavy (non-hydrogen) atoms. The molecule has 1 aliphatic heterocycles. The van der Waals surface area contributed by atoms with Gasteiger partial charge in [-0.1, -0.05) is 12.2 Å². The van der Waals surface area contributed by atoms with Crippen LogP contribution in [0.3, 0.4) is 0 Å². The number of hydrogen-bond donors (Lipinski definition) is 1. The van der Waals surface area contributed by atoms with Crippen molar-refractivity contribution >= 4 is 11.8 Å². The second-order valence-corrected chi connectivity index (χ2v) is 4.67. The Kier molecular flexibility index (Phi) is 2.70. The van der Waals surface area contributed by atoms with E-state index in [9.17, 15) is 9.59 Å². The highest BCUT2D eigenvalue weighted by Gasteiger charge is 2.46. The van der Waals surface area contributed by atoms with Crippen LogP contribution in [0.1, 0.15) is 18.7 Å². The van der Waals surface area contributed by atoms with Crippen LogP contribution in [0.2, 0.25) is 0 Å². The largest absolute Gasteiger partial charge is 0.282 e. The van der Waals surface area contributed by atoms with Gasteiger partial charge in [-0.25, -0.2) is 4.98 Å². The summed E-state index contributed by atoms with van der Waals surface area (Å²) in [5, 5.41) is 6.47. The van der Waals surface area contributed by atoms with Crippen LogP contribution in [0, 0.1) is 11.8 Å². The van der Waals surface area contributed by atoms with Crippen molar-refractivity contribution in [1.82, 2.24) is 20.1 Å². The van der Waals surface area contributed by atoms with Crippen molar-refractivity contribution in [1.29, 1.82) is 0 Å². The lowest BCUT2D eigenvalue weighted by molar-refractivity contribution is -0.139. The molecule has 0 spiro atoms. The molecule has 1 aromatic heterocycles. The molecule has 1 aromatic rings. The zero-order chi connectivity index (χ0) is 12.5. The van der Waals surface area contributed by atoms with E-state index in [1.54, 1.807) is 0 Å². The topological polar surface area (TPSA) is 79.0 Å². The van der Waals surface area contributed by atoms with Crippen molar-refractivity contribution < 1.29 is 9.59 Å². The number of aromatic nitrogens is 3. The summed E-state index contributed by atoms with van der Waals surface area (Å²) in [5.74, 6) is 0.348. The van der Waals surface area contributed by atoms with Gasteiger partial charge in [-0.2, -0.15) is 5.10 Å². The molecule has 1 N–H and O–H groups in total. The molecule has 0 saturated carbocycles. The zero-order valence-electron chi connectivity index (χ0n) is 9.87. The van der Waals surface area contributed by atoms with Gasteiger partial charge < -0.3 is 0 Å². The molecule has 6 heteroatoms. The maximum Gasteiger partial charge on any atom is 0.233 e. The molecule has 0 radical (unpaired) electrons. The number of nitrogens with zero attached hydrogens (tertiary/aromatic N) is 3. The van der Waals surface area contributed by atoms with Gasteiger partial charge in [0.2, 0.25) is 11.8 Å². The van der Waals surface area contributed by atoms with Gasteiger partial charge in [-0.3, -0.25) is 19.6 Å². The van der Waals surface area contributed by atoms with E-state index >= 15 is 0 Å². The average Bonchev–Trinajstić information content (AvgIpc) is 2.98. The van der Waals surface area contributed by atoms with Crippen LogP contribution in [0.5, 0.6) is 0 Å². The Morgan fingerprint density at radius 3 is 2.44 bits per heavy atom. The van der Waals surface area contributed by atoms with Gasteiger partial charge in [0.05, 0.1) is 11.8 Å². The number of fused-ring (bicyclic) bond motifs is 1. The molecule has 1 aliphatic carbocycles. The zero-order valence-corrected chi connectivity index (χ0v) is 9.87. The Balaban J connectivity index is 1.70. The third-order valence-electron chi connectivity index (χ3n) is 3.64. The van der Waals surface area contributed by atoms with E-state index in [-0.39, 0.29) is 23.7 Å². The third-order valence-corrected chi connectivity index (χ3v) is 3.64.